The smallest absolute Gasteiger partial charge is 0.163 e. The lowest BCUT2D eigenvalue weighted by atomic mass is 10.0. The van der Waals surface area contributed by atoms with E-state index < -0.39 is 5.60 Å². The first-order valence-electron chi connectivity index (χ1n) is 3.96. The van der Waals surface area contributed by atoms with Crippen LogP contribution in [0.25, 0.3) is 0 Å². The largest absolute Gasteiger partial charge is 0.360 e. The first-order chi connectivity index (χ1) is 5.33. The second-order valence-electron chi connectivity index (χ2n) is 2.70. The highest BCUT2D eigenvalue weighted by Gasteiger charge is 2.32. The minimum Gasteiger partial charge on any atom is -0.360 e. The van der Waals surface area contributed by atoms with Crippen LogP contribution in [0.15, 0.2) is 0 Å². The summed E-state index contributed by atoms with van der Waals surface area (Å²) < 4.78 is 5.44. The molecule has 1 unspecified atom stereocenters. The monoisotopic (exact) mass is 171 g/mol. The summed E-state index contributed by atoms with van der Waals surface area (Å²) in [6.07, 6.45) is 2.02. The normalized spacial score (nSPS) is 31.3. The van der Waals surface area contributed by atoms with Crippen LogP contribution in [0.5, 0.6) is 0 Å². The van der Waals surface area contributed by atoms with Crippen LogP contribution in [0, 0.1) is 11.3 Å². The minimum atomic E-state index is -0.461. The second-order valence-corrected chi connectivity index (χ2v) is 3.80. The third kappa shape index (κ3) is 2.11. The number of rotatable bonds is 2. The van der Waals surface area contributed by atoms with E-state index in [2.05, 4.69) is 6.07 Å². The fraction of sp³-hybridized carbons (Fsp3) is 0.875. The van der Waals surface area contributed by atoms with Gasteiger partial charge in [-0.1, -0.05) is 0 Å². The van der Waals surface area contributed by atoms with Crippen molar-refractivity contribution in [2.45, 2.75) is 25.4 Å². The number of nitriles is 1. The maximum Gasteiger partial charge on any atom is 0.163 e. The molecule has 62 valence electrons. The maximum atomic E-state index is 8.88. The van der Waals surface area contributed by atoms with Gasteiger partial charge in [0.1, 0.15) is 0 Å². The molecule has 1 aliphatic rings. The molecule has 0 bridgehead atoms. The molecule has 3 heteroatoms. The number of hydrogen-bond acceptors (Lipinski definition) is 3. The average Bonchev–Trinajstić information content (AvgIpc) is 2.07. The molecular weight excluding hydrogens is 158 g/mol. The molecule has 0 saturated carbocycles. The van der Waals surface area contributed by atoms with Gasteiger partial charge in [0.2, 0.25) is 0 Å². The lowest BCUT2D eigenvalue weighted by Crippen LogP contribution is -2.36. The lowest BCUT2D eigenvalue weighted by molar-refractivity contribution is 0.0150. The van der Waals surface area contributed by atoms with Crippen LogP contribution >= 0.6 is 11.8 Å². The average molecular weight is 171 g/mol. The third-order valence-electron chi connectivity index (χ3n) is 1.83. The summed E-state index contributed by atoms with van der Waals surface area (Å²) in [6, 6.07) is 2.28. The van der Waals surface area contributed by atoms with Gasteiger partial charge in [0, 0.05) is 12.4 Å². The van der Waals surface area contributed by atoms with Gasteiger partial charge in [0.05, 0.1) is 6.07 Å². The van der Waals surface area contributed by atoms with E-state index in [1.54, 1.807) is 0 Å². The zero-order chi connectivity index (χ0) is 8.16. The molecule has 0 aromatic carbocycles. The fourth-order valence-corrected chi connectivity index (χ4v) is 2.39. The molecule has 0 aromatic rings. The summed E-state index contributed by atoms with van der Waals surface area (Å²) in [6.45, 7) is 2.59. The Bertz CT molecular complexity index is 152. The molecule has 0 N–H and O–H groups in total. The van der Waals surface area contributed by atoms with Crippen molar-refractivity contribution in [3.05, 3.63) is 0 Å². The Labute approximate surface area is 71.9 Å². The molecular formula is C8H13NOS. The van der Waals surface area contributed by atoms with Crippen molar-refractivity contribution < 1.29 is 4.74 Å². The van der Waals surface area contributed by atoms with Crippen LogP contribution in [-0.4, -0.2) is 23.7 Å². The van der Waals surface area contributed by atoms with Crippen molar-refractivity contribution in [2.75, 3.05) is 18.1 Å². The highest BCUT2D eigenvalue weighted by atomic mass is 32.2. The van der Waals surface area contributed by atoms with E-state index in [4.69, 9.17) is 10.00 Å². The molecule has 0 spiro atoms. The van der Waals surface area contributed by atoms with Gasteiger partial charge in [-0.15, -0.1) is 0 Å². The topological polar surface area (TPSA) is 33.0 Å². The van der Waals surface area contributed by atoms with Crippen molar-refractivity contribution >= 4 is 11.8 Å². The van der Waals surface area contributed by atoms with Gasteiger partial charge in [-0.05, 0) is 25.5 Å². The molecule has 1 rings (SSSR count). The predicted octanol–water partition coefficient (Wildman–Crippen LogP) is 1.81. The van der Waals surface area contributed by atoms with E-state index in [-0.39, 0.29) is 0 Å². The third-order valence-corrected chi connectivity index (χ3v) is 3.08. The molecule has 1 atom stereocenters. The molecule has 0 amide bonds. The van der Waals surface area contributed by atoms with Crippen LogP contribution in [0.2, 0.25) is 0 Å². The number of nitrogens with zero attached hydrogens (tertiary/aromatic N) is 1. The molecule has 1 heterocycles. The molecule has 0 aromatic heterocycles. The van der Waals surface area contributed by atoms with Crippen LogP contribution in [0.3, 0.4) is 0 Å². The first-order valence-corrected chi connectivity index (χ1v) is 5.11. The minimum absolute atomic E-state index is 0.461. The van der Waals surface area contributed by atoms with E-state index in [0.717, 1.165) is 18.6 Å². The number of thioether (sulfide) groups is 1. The SMILES string of the molecule is CCOC1(C#N)CCCSC1. The summed E-state index contributed by atoms with van der Waals surface area (Å²) >= 11 is 1.82. The summed E-state index contributed by atoms with van der Waals surface area (Å²) in [7, 11) is 0. The van der Waals surface area contributed by atoms with Gasteiger partial charge in [-0.3, -0.25) is 0 Å². The van der Waals surface area contributed by atoms with Gasteiger partial charge in [-0.25, -0.2) is 0 Å². The molecule has 2 nitrogen and oxygen atoms in total. The van der Waals surface area contributed by atoms with Crippen LogP contribution in [0.4, 0.5) is 0 Å². The van der Waals surface area contributed by atoms with Gasteiger partial charge in [0.15, 0.2) is 5.60 Å². The molecule has 0 radical (unpaired) electrons. The van der Waals surface area contributed by atoms with Crippen molar-refractivity contribution in [3.8, 4) is 6.07 Å². The zero-order valence-electron chi connectivity index (χ0n) is 6.80. The van der Waals surface area contributed by atoms with Crippen molar-refractivity contribution in [1.82, 2.24) is 0 Å². The Morgan fingerprint density at radius 3 is 3.00 bits per heavy atom. The quantitative estimate of drug-likeness (QED) is 0.635. The molecule has 1 saturated heterocycles. The highest BCUT2D eigenvalue weighted by Crippen LogP contribution is 2.29. The second kappa shape index (κ2) is 3.99. The molecule has 1 fully saturated rings. The van der Waals surface area contributed by atoms with E-state index in [9.17, 15) is 0 Å². The number of ether oxygens (including phenoxy) is 1. The van der Waals surface area contributed by atoms with Crippen LogP contribution in [0.1, 0.15) is 19.8 Å². The molecule has 11 heavy (non-hydrogen) atoms. The Hall–Kier alpha value is -0.200. The fourth-order valence-electron chi connectivity index (χ4n) is 1.28. The lowest BCUT2D eigenvalue weighted by Gasteiger charge is -2.29. The van der Waals surface area contributed by atoms with Crippen molar-refractivity contribution in [1.29, 1.82) is 5.26 Å². The maximum absolute atomic E-state index is 8.88. The van der Waals surface area contributed by atoms with E-state index in [1.807, 2.05) is 18.7 Å². The van der Waals surface area contributed by atoms with Crippen molar-refractivity contribution in [3.63, 3.8) is 0 Å². The molecule has 0 aliphatic carbocycles. The van der Waals surface area contributed by atoms with Crippen molar-refractivity contribution in [2.24, 2.45) is 0 Å². The first kappa shape index (κ1) is 8.89. The van der Waals surface area contributed by atoms with E-state index >= 15 is 0 Å². The molecule has 1 aliphatic heterocycles. The predicted molar refractivity (Wildman–Crippen MR) is 46.5 cm³/mol. The summed E-state index contributed by atoms with van der Waals surface area (Å²) in [5, 5.41) is 8.88. The number of hydrogen-bond donors (Lipinski definition) is 0. The summed E-state index contributed by atoms with van der Waals surface area (Å²) in [5.74, 6) is 2.02. The Morgan fingerprint density at radius 1 is 1.73 bits per heavy atom. The van der Waals surface area contributed by atoms with Gasteiger partial charge in [0.25, 0.3) is 0 Å². The van der Waals surface area contributed by atoms with Crippen LogP contribution in [-0.2, 0) is 4.74 Å². The van der Waals surface area contributed by atoms with Gasteiger partial charge in [-0.2, -0.15) is 17.0 Å². The highest BCUT2D eigenvalue weighted by molar-refractivity contribution is 7.99. The van der Waals surface area contributed by atoms with E-state index in [0.29, 0.717) is 6.61 Å². The van der Waals surface area contributed by atoms with E-state index in [1.165, 1.54) is 5.75 Å². The Morgan fingerprint density at radius 2 is 2.55 bits per heavy atom. The zero-order valence-corrected chi connectivity index (χ0v) is 7.62. The Balaban J connectivity index is 2.51. The van der Waals surface area contributed by atoms with Gasteiger partial charge < -0.3 is 4.74 Å². The van der Waals surface area contributed by atoms with Gasteiger partial charge >= 0.3 is 0 Å². The van der Waals surface area contributed by atoms with Crippen LogP contribution < -0.4 is 0 Å². The Kier molecular flexibility index (Phi) is 3.22. The summed E-state index contributed by atoms with van der Waals surface area (Å²) in [5.41, 5.74) is -0.461. The summed E-state index contributed by atoms with van der Waals surface area (Å²) in [4.78, 5) is 0. The standard InChI is InChI=1S/C8H13NOS/c1-2-10-8(6-9)4-3-5-11-7-8/h2-5,7H2,1H3.